The van der Waals surface area contributed by atoms with E-state index in [4.69, 9.17) is 14.9 Å². The van der Waals surface area contributed by atoms with Crippen LogP contribution in [0, 0.1) is 34.5 Å². The van der Waals surface area contributed by atoms with Gasteiger partial charge in [-0.1, -0.05) is 0 Å². The summed E-state index contributed by atoms with van der Waals surface area (Å²) in [6, 6.07) is 6.62. The largest absolute Gasteiger partial charge is 0.469 e. The number of ketones is 1. The molecule has 0 radical (unpaired) electrons. The normalized spacial score (nSPS) is 13.1. The number of ether oxygens (including phenoxy) is 1. The number of hydrogen-bond donors (Lipinski definition) is 0. The van der Waals surface area contributed by atoms with E-state index in [0.717, 1.165) is 7.11 Å². The number of rotatable bonds is 5. The van der Waals surface area contributed by atoms with Crippen molar-refractivity contribution in [1.82, 2.24) is 0 Å². The van der Waals surface area contributed by atoms with E-state index in [2.05, 4.69) is 4.74 Å². The molecule has 0 aromatic carbocycles. The summed E-state index contributed by atoms with van der Waals surface area (Å²) in [6.07, 6.45) is 1.35. The summed E-state index contributed by atoms with van der Waals surface area (Å²) in [6.45, 7) is 1.21. The van der Waals surface area contributed by atoms with E-state index in [1.807, 2.05) is 0 Å². The number of furan rings is 1. The Morgan fingerprint density at radius 1 is 1.37 bits per heavy atom. The van der Waals surface area contributed by atoms with Gasteiger partial charge >= 0.3 is 5.97 Å². The number of methoxy groups -OCH3 is 1. The molecular weight excluding hydrogens is 248 g/mol. The first-order valence-corrected chi connectivity index (χ1v) is 5.47. The molecule has 0 spiro atoms. The number of carbonyl (C=O) groups is 2. The zero-order valence-corrected chi connectivity index (χ0v) is 10.5. The number of nitriles is 2. The molecule has 1 heterocycles. The zero-order valence-electron chi connectivity index (χ0n) is 10.5. The summed E-state index contributed by atoms with van der Waals surface area (Å²) in [5.74, 6) is -4.43. The first-order chi connectivity index (χ1) is 9.06. The molecule has 98 valence electrons. The Morgan fingerprint density at radius 3 is 2.37 bits per heavy atom. The Kier molecular flexibility index (Phi) is 4.84. The van der Waals surface area contributed by atoms with Gasteiger partial charge in [-0.3, -0.25) is 9.59 Å². The molecule has 0 saturated heterocycles. The molecule has 6 heteroatoms. The second kappa shape index (κ2) is 6.36. The highest BCUT2D eigenvalue weighted by molar-refractivity contribution is 5.98. The third kappa shape index (κ3) is 2.99. The predicted octanol–water partition coefficient (Wildman–Crippen LogP) is 1.40. The van der Waals surface area contributed by atoms with Crippen molar-refractivity contribution in [2.75, 3.05) is 7.11 Å². The maximum atomic E-state index is 11.7. The SMILES string of the molecule is COC(=O)[C@@H](C(C)=O)[C@@H](c1ccco1)C(C#N)C#N. The molecule has 0 fully saturated rings. The number of Topliss-reactive ketones (excluding diaryl/α,β-unsaturated/α-hetero) is 1. The third-order valence-electron chi connectivity index (χ3n) is 2.76. The quantitative estimate of drug-likeness (QED) is 0.585. The molecule has 0 aliphatic heterocycles. The second-order valence-corrected chi connectivity index (χ2v) is 3.89. The van der Waals surface area contributed by atoms with Gasteiger partial charge < -0.3 is 9.15 Å². The minimum atomic E-state index is -1.24. The standard InChI is InChI=1S/C13H12N2O4/c1-8(16)11(13(17)18-2)12(9(6-14)7-15)10-4-3-5-19-10/h3-5,9,11-12H,1-2H3/t11-,12+/m0/s1. The number of esters is 1. The first-order valence-electron chi connectivity index (χ1n) is 5.47. The van der Waals surface area contributed by atoms with Crippen molar-refractivity contribution in [2.24, 2.45) is 11.8 Å². The Labute approximate surface area is 110 Å². The van der Waals surface area contributed by atoms with Gasteiger partial charge in [0.15, 0.2) is 0 Å². The van der Waals surface area contributed by atoms with Crippen LogP contribution < -0.4 is 0 Å². The summed E-state index contributed by atoms with van der Waals surface area (Å²) in [4.78, 5) is 23.4. The molecular formula is C13H12N2O4. The van der Waals surface area contributed by atoms with Crippen molar-refractivity contribution in [1.29, 1.82) is 10.5 Å². The van der Waals surface area contributed by atoms with Crippen LogP contribution in [0.25, 0.3) is 0 Å². The summed E-state index contributed by atoms with van der Waals surface area (Å²) in [5, 5.41) is 18.0. The van der Waals surface area contributed by atoms with E-state index in [9.17, 15) is 9.59 Å². The summed E-state index contributed by atoms with van der Waals surface area (Å²) in [5.41, 5.74) is 0. The fraction of sp³-hybridized carbons (Fsp3) is 0.385. The molecule has 0 amide bonds. The lowest BCUT2D eigenvalue weighted by molar-refractivity contribution is -0.150. The Hall–Kier alpha value is -2.60. The molecule has 0 aliphatic rings. The van der Waals surface area contributed by atoms with Gasteiger partial charge in [0.05, 0.1) is 31.4 Å². The van der Waals surface area contributed by atoms with E-state index in [1.165, 1.54) is 19.3 Å². The van der Waals surface area contributed by atoms with Crippen molar-refractivity contribution in [2.45, 2.75) is 12.8 Å². The van der Waals surface area contributed by atoms with E-state index < -0.39 is 29.5 Å². The van der Waals surface area contributed by atoms with Crippen LogP contribution in [-0.2, 0) is 14.3 Å². The van der Waals surface area contributed by atoms with Crippen LogP contribution in [0.3, 0.4) is 0 Å². The smallest absolute Gasteiger partial charge is 0.317 e. The van der Waals surface area contributed by atoms with Crippen LogP contribution in [0.5, 0.6) is 0 Å². The maximum absolute atomic E-state index is 11.7. The molecule has 2 atom stereocenters. The van der Waals surface area contributed by atoms with Gasteiger partial charge in [-0.15, -0.1) is 0 Å². The molecule has 0 aliphatic carbocycles. The molecule has 0 bridgehead atoms. The van der Waals surface area contributed by atoms with Gasteiger partial charge in [-0.2, -0.15) is 10.5 Å². The molecule has 0 saturated carbocycles. The van der Waals surface area contributed by atoms with Crippen molar-refractivity contribution in [3.05, 3.63) is 24.2 Å². The topological polar surface area (TPSA) is 104 Å². The maximum Gasteiger partial charge on any atom is 0.317 e. The van der Waals surface area contributed by atoms with E-state index >= 15 is 0 Å². The molecule has 1 aromatic heterocycles. The van der Waals surface area contributed by atoms with Crippen LogP contribution in [0.4, 0.5) is 0 Å². The first kappa shape index (κ1) is 14.5. The average Bonchev–Trinajstić information content (AvgIpc) is 2.91. The summed E-state index contributed by atoms with van der Waals surface area (Å²) in [7, 11) is 1.14. The molecule has 1 rings (SSSR count). The van der Waals surface area contributed by atoms with Gasteiger partial charge in [0.2, 0.25) is 0 Å². The lowest BCUT2D eigenvalue weighted by atomic mass is 9.79. The molecule has 0 N–H and O–H groups in total. The van der Waals surface area contributed by atoms with Crippen molar-refractivity contribution in [3.63, 3.8) is 0 Å². The van der Waals surface area contributed by atoms with E-state index in [1.54, 1.807) is 18.2 Å². The van der Waals surface area contributed by atoms with Gasteiger partial charge in [-0.25, -0.2) is 0 Å². The highest BCUT2D eigenvalue weighted by Gasteiger charge is 2.41. The fourth-order valence-corrected chi connectivity index (χ4v) is 1.88. The van der Waals surface area contributed by atoms with Crippen molar-refractivity contribution < 1.29 is 18.7 Å². The van der Waals surface area contributed by atoms with Gasteiger partial charge in [0.25, 0.3) is 0 Å². The summed E-state index contributed by atoms with van der Waals surface area (Å²) < 4.78 is 9.72. The van der Waals surface area contributed by atoms with E-state index in [0.29, 0.717) is 0 Å². The van der Waals surface area contributed by atoms with Crippen molar-refractivity contribution >= 4 is 11.8 Å². The van der Waals surface area contributed by atoms with Crippen molar-refractivity contribution in [3.8, 4) is 12.1 Å². The number of carbonyl (C=O) groups excluding carboxylic acids is 2. The van der Waals surface area contributed by atoms with Gasteiger partial charge in [0.1, 0.15) is 23.4 Å². The predicted molar refractivity (Wildman–Crippen MR) is 62.4 cm³/mol. The summed E-state index contributed by atoms with van der Waals surface area (Å²) >= 11 is 0. The minimum absolute atomic E-state index is 0.235. The second-order valence-electron chi connectivity index (χ2n) is 3.89. The fourth-order valence-electron chi connectivity index (χ4n) is 1.88. The van der Waals surface area contributed by atoms with Crippen LogP contribution in [0.1, 0.15) is 18.6 Å². The van der Waals surface area contributed by atoms with Crippen LogP contribution >= 0.6 is 0 Å². The Bertz CT molecular complexity index is 522. The highest BCUT2D eigenvalue weighted by atomic mass is 16.5. The Morgan fingerprint density at radius 2 is 2.00 bits per heavy atom. The van der Waals surface area contributed by atoms with Gasteiger partial charge in [-0.05, 0) is 19.1 Å². The number of hydrogen-bond acceptors (Lipinski definition) is 6. The highest BCUT2D eigenvalue weighted by Crippen LogP contribution is 2.33. The lowest BCUT2D eigenvalue weighted by Crippen LogP contribution is -2.33. The minimum Gasteiger partial charge on any atom is -0.469 e. The zero-order chi connectivity index (χ0) is 14.4. The lowest BCUT2D eigenvalue weighted by Gasteiger charge is -2.21. The molecule has 6 nitrogen and oxygen atoms in total. The molecule has 0 unspecified atom stereocenters. The average molecular weight is 260 g/mol. The van der Waals surface area contributed by atoms with E-state index in [-0.39, 0.29) is 5.76 Å². The van der Waals surface area contributed by atoms with Gasteiger partial charge in [0, 0.05) is 0 Å². The van der Waals surface area contributed by atoms with Crippen LogP contribution in [0.15, 0.2) is 22.8 Å². The monoisotopic (exact) mass is 260 g/mol. The molecule has 1 aromatic rings. The molecule has 19 heavy (non-hydrogen) atoms. The van der Waals surface area contributed by atoms with Crippen LogP contribution in [-0.4, -0.2) is 18.9 Å². The third-order valence-corrected chi connectivity index (χ3v) is 2.76. The van der Waals surface area contributed by atoms with Crippen LogP contribution in [0.2, 0.25) is 0 Å². The number of nitrogens with zero attached hydrogens (tertiary/aromatic N) is 2. The Balaban J connectivity index is 3.30.